The van der Waals surface area contributed by atoms with E-state index in [1.165, 1.54) is 88.5 Å². The Bertz CT molecular complexity index is 2970. The molecule has 3 nitrogen and oxygen atoms in total. The van der Waals surface area contributed by atoms with Crippen LogP contribution in [0, 0.1) is 27.7 Å². The first kappa shape index (κ1) is 51.0. The van der Waals surface area contributed by atoms with Crippen LogP contribution in [-0.4, -0.2) is 14.8 Å². The summed E-state index contributed by atoms with van der Waals surface area (Å²) < 4.78 is 0. The minimum Gasteiger partial charge on any atom is -0.406 e. The van der Waals surface area contributed by atoms with Crippen molar-refractivity contribution in [3.8, 4) is 22.3 Å². The topological polar surface area (TPSA) is 36.4 Å². The van der Waals surface area contributed by atoms with Gasteiger partial charge in [-0.25, -0.2) is 4.99 Å². The Morgan fingerprint density at radius 2 is 0.873 bits per heavy atom. The highest BCUT2D eigenvalue weighted by molar-refractivity contribution is 7.51. The third kappa shape index (κ3) is 11.9. The number of nitrogens with zero attached hydrogens (tertiary/aromatic N) is 1. The zero-order valence-corrected chi connectivity index (χ0v) is 46.1. The van der Waals surface area contributed by atoms with E-state index in [9.17, 15) is 0 Å². The highest BCUT2D eigenvalue weighted by atomic mass is 31.1. The van der Waals surface area contributed by atoms with E-state index in [2.05, 4.69) is 269 Å². The van der Waals surface area contributed by atoms with E-state index in [1.54, 1.807) is 0 Å². The summed E-state index contributed by atoms with van der Waals surface area (Å²) in [6.07, 6.45) is 0. The standard InChI is InChI=1S/C66H73N3PSi/c1-42(2)54-29-21-30-55(43(3)4)62(54)68-65(50-24-15-13-16-25-50)67-61-35-20-19-28-60(61)66(71(53-26-17-14-18-27-53)69-63-56(44(5)6)31-22-32-57(63)45(7)8)70-64-58(51-38-46(9)36-47(10)39-51)33-23-34-59(64)52-40-48(11)37-49(12)41-52/h13-45,66,69-70H,1-12H3,(H,67,68). The van der Waals surface area contributed by atoms with Crippen molar-refractivity contribution in [3.05, 3.63) is 232 Å². The van der Waals surface area contributed by atoms with E-state index in [1.807, 2.05) is 0 Å². The Kier molecular flexibility index (Phi) is 16.4. The number of aryl methyl sites for hydroxylation is 4. The van der Waals surface area contributed by atoms with Crippen molar-refractivity contribution in [2.45, 2.75) is 112 Å². The van der Waals surface area contributed by atoms with Gasteiger partial charge >= 0.3 is 0 Å². The second-order valence-corrected chi connectivity index (χ2v) is 24.9. The molecule has 2 atom stereocenters. The number of para-hydroxylation sites is 3. The predicted octanol–water partition coefficient (Wildman–Crippen LogP) is 17.5. The largest absolute Gasteiger partial charge is 0.406 e. The molecule has 0 spiro atoms. The van der Waals surface area contributed by atoms with Crippen molar-refractivity contribution in [2.24, 2.45) is 4.99 Å². The van der Waals surface area contributed by atoms with Gasteiger partial charge in [0.15, 0.2) is 0 Å². The Morgan fingerprint density at radius 3 is 1.37 bits per heavy atom. The van der Waals surface area contributed by atoms with Gasteiger partial charge in [0, 0.05) is 22.2 Å². The molecule has 0 bridgehead atoms. The summed E-state index contributed by atoms with van der Waals surface area (Å²) in [5.41, 5.74) is 21.1. The fourth-order valence-corrected chi connectivity index (χ4v) is 15.6. The molecule has 0 saturated carbocycles. The number of aliphatic imine (C=N–C) groups is 1. The van der Waals surface area contributed by atoms with Gasteiger partial charge in [-0.1, -0.05) is 256 Å². The molecule has 2 unspecified atom stereocenters. The average molecular weight is 967 g/mol. The Balaban J connectivity index is 1.44. The summed E-state index contributed by atoms with van der Waals surface area (Å²) in [5.74, 6) is 2.12. The third-order valence-corrected chi connectivity index (χ3v) is 18.7. The molecule has 0 saturated heterocycles. The summed E-state index contributed by atoms with van der Waals surface area (Å²) in [4.78, 5) is 10.2. The zero-order chi connectivity index (χ0) is 50.3. The van der Waals surface area contributed by atoms with Crippen LogP contribution in [0.4, 0.5) is 17.1 Å². The highest BCUT2D eigenvalue weighted by Gasteiger charge is 2.34. The lowest BCUT2D eigenvalue weighted by atomic mass is 9.93. The first-order valence-corrected chi connectivity index (χ1v) is 28.3. The van der Waals surface area contributed by atoms with Gasteiger partial charge in [0.2, 0.25) is 8.96 Å². The van der Waals surface area contributed by atoms with Crippen molar-refractivity contribution in [3.63, 3.8) is 0 Å². The first-order chi connectivity index (χ1) is 34.2. The lowest BCUT2D eigenvalue weighted by molar-refractivity contribution is 0.834. The van der Waals surface area contributed by atoms with E-state index in [0.29, 0.717) is 32.3 Å². The number of hydrogen-bond donors (Lipinski definition) is 2. The van der Waals surface area contributed by atoms with E-state index in [4.69, 9.17) is 4.99 Å². The number of benzene rings is 8. The van der Waals surface area contributed by atoms with Crippen LogP contribution in [0.5, 0.6) is 0 Å². The molecule has 5 heteroatoms. The SMILES string of the molecule is Cc1cc(C)cc(-c2cccc(-c3cc(C)cc(C)c3)c2PC(c2ccccc2NC(=Nc2c(C(C)C)cccc2C(C)C)c2ccccc2)[Si](Nc2c(C(C)C)cccc2C(C)C)c2ccccc2)c1. The van der Waals surface area contributed by atoms with E-state index in [0.717, 1.165) is 22.8 Å². The molecular weight excluding hydrogens is 894 g/mol. The van der Waals surface area contributed by atoms with Gasteiger partial charge < -0.3 is 10.3 Å². The monoisotopic (exact) mass is 967 g/mol. The number of amidine groups is 1. The van der Waals surface area contributed by atoms with Crippen LogP contribution in [0.15, 0.2) is 181 Å². The Hall–Kier alpha value is -6.32. The number of anilines is 2. The van der Waals surface area contributed by atoms with Crippen molar-refractivity contribution in [1.82, 2.24) is 0 Å². The fraction of sp³-hybridized carbons (Fsp3) is 0.258. The van der Waals surface area contributed by atoms with Crippen LogP contribution in [0.2, 0.25) is 0 Å². The molecule has 0 aromatic heterocycles. The molecule has 71 heavy (non-hydrogen) atoms. The van der Waals surface area contributed by atoms with Crippen molar-refractivity contribution in [2.75, 3.05) is 10.3 Å². The van der Waals surface area contributed by atoms with Crippen molar-refractivity contribution in [1.29, 1.82) is 0 Å². The van der Waals surface area contributed by atoms with E-state index >= 15 is 0 Å². The van der Waals surface area contributed by atoms with Gasteiger partial charge in [-0.3, -0.25) is 0 Å². The van der Waals surface area contributed by atoms with Crippen LogP contribution >= 0.6 is 8.58 Å². The molecule has 0 amide bonds. The lowest BCUT2D eigenvalue weighted by Gasteiger charge is -2.33. The van der Waals surface area contributed by atoms with Crippen LogP contribution in [-0.2, 0) is 0 Å². The van der Waals surface area contributed by atoms with E-state index < -0.39 is 8.96 Å². The second-order valence-electron chi connectivity index (χ2n) is 20.7. The first-order valence-electron chi connectivity index (χ1n) is 25.7. The number of nitrogens with one attached hydrogen (secondary N) is 2. The maximum Gasteiger partial charge on any atom is 0.215 e. The molecule has 8 rings (SSSR count). The van der Waals surface area contributed by atoms with Gasteiger partial charge in [-0.15, -0.1) is 0 Å². The third-order valence-electron chi connectivity index (χ3n) is 13.6. The van der Waals surface area contributed by atoms with Gasteiger partial charge in [0.05, 0.1) is 5.69 Å². The van der Waals surface area contributed by atoms with Crippen LogP contribution < -0.4 is 20.8 Å². The highest BCUT2D eigenvalue weighted by Crippen LogP contribution is 2.46. The Labute approximate surface area is 429 Å². The van der Waals surface area contributed by atoms with Crippen molar-refractivity contribution >= 4 is 50.9 Å². The minimum absolute atomic E-state index is 0.0363. The molecule has 0 fully saturated rings. The van der Waals surface area contributed by atoms with Crippen LogP contribution in [0.25, 0.3) is 22.3 Å². The maximum atomic E-state index is 5.72. The molecular formula is C66H73N3PSi. The molecule has 2 N–H and O–H groups in total. The van der Waals surface area contributed by atoms with E-state index in [-0.39, 0.29) is 5.28 Å². The Morgan fingerprint density at radius 1 is 0.451 bits per heavy atom. The summed E-state index contributed by atoms with van der Waals surface area (Å²) in [5, 5.41) is 6.87. The summed E-state index contributed by atoms with van der Waals surface area (Å²) in [6.45, 7) is 27.4. The maximum absolute atomic E-state index is 5.72. The van der Waals surface area contributed by atoms with Gasteiger partial charge in [0.1, 0.15) is 5.84 Å². The molecule has 8 aromatic carbocycles. The molecule has 0 aliphatic heterocycles. The number of rotatable bonds is 16. The quantitative estimate of drug-likeness (QED) is 0.0438. The second kappa shape index (κ2) is 22.8. The molecule has 0 aliphatic rings. The molecule has 8 aromatic rings. The minimum atomic E-state index is -1.73. The summed E-state index contributed by atoms with van der Waals surface area (Å²) in [6, 6.07) is 65.9. The predicted molar refractivity (Wildman–Crippen MR) is 314 cm³/mol. The van der Waals surface area contributed by atoms with Gasteiger partial charge in [-0.2, -0.15) is 0 Å². The van der Waals surface area contributed by atoms with Crippen LogP contribution in [0.3, 0.4) is 0 Å². The lowest BCUT2D eigenvalue weighted by Crippen LogP contribution is -2.44. The molecule has 0 aliphatic carbocycles. The smallest absolute Gasteiger partial charge is 0.215 e. The molecule has 361 valence electrons. The summed E-state index contributed by atoms with van der Waals surface area (Å²) >= 11 is 0. The molecule has 0 heterocycles. The summed E-state index contributed by atoms with van der Waals surface area (Å²) in [7, 11) is -1.36. The zero-order valence-electron chi connectivity index (χ0n) is 44.1. The average Bonchev–Trinajstić information content (AvgIpc) is 3.34. The molecule has 1 radical (unpaired) electrons. The van der Waals surface area contributed by atoms with Gasteiger partial charge in [0.25, 0.3) is 0 Å². The van der Waals surface area contributed by atoms with Gasteiger partial charge in [-0.05, 0) is 118 Å². The fourth-order valence-electron chi connectivity index (χ4n) is 10.2. The van der Waals surface area contributed by atoms with Crippen molar-refractivity contribution < 1.29 is 0 Å². The van der Waals surface area contributed by atoms with Crippen LogP contribution in [0.1, 0.15) is 140 Å². The number of hydrogen-bond acceptors (Lipinski definition) is 2. The normalized spacial score (nSPS) is 12.5.